The third-order valence-corrected chi connectivity index (χ3v) is 10.1. The van der Waals surface area contributed by atoms with Gasteiger partial charge in [0.1, 0.15) is 55.4 Å². The van der Waals surface area contributed by atoms with Gasteiger partial charge in [0.05, 0.1) is 19.8 Å². The van der Waals surface area contributed by atoms with Crippen LogP contribution in [-0.2, 0) is 38.0 Å². The summed E-state index contributed by atoms with van der Waals surface area (Å²) in [6.07, 6.45) is 3.55. The van der Waals surface area contributed by atoms with Gasteiger partial charge < -0.3 is 64.2 Å². The smallest absolute Gasteiger partial charge is 0.306 e. The number of carbonyl (C=O) groups is 2. The summed E-state index contributed by atoms with van der Waals surface area (Å²) in [6.45, 7) is 2.46. The highest BCUT2D eigenvalue weighted by Crippen LogP contribution is 2.26. The number of hydrogen-bond acceptors (Lipinski definition) is 15. The van der Waals surface area contributed by atoms with E-state index < -0.39 is 92.7 Å². The lowest BCUT2D eigenvalue weighted by Crippen LogP contribution is -2.61. The lowest BCUT2D eigenvalue weighted by molar-refractivity contribution is -0.332. The van der Waals surface area contributed by atoms with Crippen LogP contribution in [0.15, 0.2) is 0 Å². The van der Waals surface area contributed by atoms with Crippen molar-refractivity contribution in [2.45, 2.75) is 210 Å². The third kappa shape index (κ3) is 18.6. The minimum Gasteiger partial charge on any atom is -0.462 e. The minimum absolute atomic E-state index is 0.171. The van der Waals surface area contributed by atoms with Gasteiger partial charge in [-0.05, 0) is 12.8 Å². The Balaban J connectivity index is 1.86. The van der Waals surface area contributed by atoms with Crippen LogP contribution in [0.2, 0.25) is 0 Å². The number of rotatable bonds is 30. The van der Waals surface area contributed by atoms with Crippen LogP contribution in [0.25, 0.3) is 0 Å². The molecule has 0 bridgehead atoms. The molecule has 54 heavy (non-hydrogen) atoms. The number of carbonyl (C=O) groups excluding carboxylic acids is 2. The van der Waals surface area contributed by atoms with Gasteiger partial charge in [0.25, 0.3) is 0 Å². The van der Waals surface area contributed by atoms with E-state index in [1.165, 1.54) is 57.8 Å². The molecule has 15 heteroatoms. The topological polar surface area (TPSA) is 231 Å². The second-order valence-electron chi connectivity index (χ2n) is 14.8. The number of hydrogen-bond donors (Lipinski definition) is 7. The molecule has 2 saturated heterocycles. The molecule has 0 aromatic rings. The van der Waals surface area contributed by atoms with Crippen LogP contribution in [0.4, 0.5) is 0 Å². The normalized spacial score (nSPS) is 29.2. The maximum absolute atomic E-state index is 12.8. The van der Waals surface area contributed by atoms with Crippen molar-refractivity contribution in [3.05, 3.63) is 0 Å². The van der Waals surface area contributed by atoms with Crippen LogP contribution >= 0.6 is 0 Å². The highest BCUT2D eigenvalue weighted by Gasteiger charge is 2.47. The third-order valence-electron chi connectivity index (χ3n) is 10.1. The predicted octanol–water partition coefficient (Wildman–Crippen LogP) is 2.92. The van der Waals surface area contributed by atoms with Crippen molar-refractivity contribution in [3.63, 3.8) is 0 Å². The first-order chi connectivity index (χ1) is 26.0. The second kappa shape index (κ2) is 28.8. The number of esters is 2. The molecular formula is C39H72O15. The highest BCUT2D eigenvalue weighted by atomic mass is 16.7. The van der Waals surface area contributed by atoms with Gasteiger partial charge in [-0.25, -0.2) is 0 Å². The van der Waals surface area contributed by atoms with E-state index in [4.69, 9.17) is 28.4 Å². The average molecular weight is 781 g/mol. The van der Waals surface area contributed by atoms with E-state index in [1.807, 2.05) is 0 Å². The summed E-state index contributed by atoms with van der Waals surface area (Å²) >= 11 is 0. The first-order valence-corrected chi connectivity index (χ1v) is 20.6. The number of unbranched alkanes of at least 4 members (excludes halogenated alkanes) is 16. The van der Waals surface area contributed by atoms with Crippen molar-refractivity contribution in [2.75, 3.05) is 26.4 Å². The summed E-state index contributed by atoms with van der Waals surface area (Å²) < 4.78 is 33.2. The standard InChI is InChI=1S/C39H72O15/c1-3-5-7-9-10-11-12-13-14-15-16-18-20-22-31(42)52-27(24-49-30(41)21-19-17-8-6-4-2)25-50-38-37(48)35(46)33(44)29(54-38)26-51-39-36(47)34(45)32(43)28(23-40)53-39/h27-29,32-40,43-48H,3-26H2,1-2H3. The zero-order valence-electron chi connectivity index (χ0n) is 32.7. The molecule has 2 heterocycles. The van der Waals surface area contributed by atoms with Gasteiger partial charge >= 0.3 is 11.9 Å². The fourth-order valence-electron chi connectivity index (χ4n) is 6.57. The van der Waals surface area contributed by atoms with Crippen LogP contribution < -0.4 is 0 Å². The van der Waals surface area contributed by atoms with E-state index in [-0.39, 0.29) is 26.1 Å². The molecule has 0 amide bonds. The van der Waals surface area contributed by atoms with Gasteiger partial charge in [-0.15, -0.1) is 0 Å². The second-order valence-corrected chi connectivity index (χ2v) is 14.8. The molecule has 2 rings (SSSR count). The molecule has 0 aromatic heterocycles. The number of ether oxygens (including phenoxy) is 6. The summed E-state index contributed by atoms with van der Waals surface area (Å²) in [4.78, 5) is 25.3. The van der Waals surface area contributed by atoms with Gasteiger partial charge in [0.15, 0.2) is 18.7 Å². The molecule has 2 aliphatic rings. The largest absolute Gasteiger partial charge is 0.462 e. The minimum atomic E-state index is -1.76. The Morgan fingerprint density at radius 1 is 0.519 bits per heavy atom. The van der Waals surface area contributed by atoms with Crippen LogP contribution in [-0.4, -0.2) is 142 Å². The fraction of sp³-hybridized carbons (Fsp3) is 0.949. The van der Waals surface area contributed by atoms with Crippen molar-refractivity contribution >= 4 is 11.9 Å². The number of aliphatic hydroxyl groups is 7. The average Bonchev–Trinajstić information content (AvgIpc) is 3.16. The zero-order valence-corrected chi connectivity index (χ0v) is 32.7. The van der Waals surface area contributed by atoms with Crippen LogP contribution in [0.5, 0.6) is 0 Å². The van der Waals surface area contributed by atoms with E-state index >= 15 is 0 Å². The maximum Gasteiger partial charge on any atom is 0.306 e. The van der Waals surface area contributed by atoms with E-state index in [0.717, 1.165) is 44.9 Å². The first-order valence-electron chi connectivity index (χ1n) is 20.6. The Labute approximate surface area is 321 Å². The molecule has 0 radical (unpaired) electrons. The molecule has 0 saturated carbocycles. The summed E-state index contributed by atoms with van der Waals surface area (Å²) in [5.41, 5.74) is 0. The molecule has 0 aromatic carbocycles. The van der Waals surface area contributed by atoms with Crippen molar-refractivity contribution in [2.24, 2.45) is 0 Å². The van der Waals surface area contributed by atoms with Crippen molar-refractivity contribution < 1.29 is 73.8 Å². The quantitative estimate of drug-likeness (QED) is 0.0411. The maximum atomic E-state index is 12.8. The summed E-state index contributed by atoms with van der Waals surface area (Å²) in [7, 11) is 0. The highest BCUT2D eigenvalue weighted by molar-refractivity contribution is 5.70. The van der Waals surface area contributed by atoms with Crippen LogP contribution in [0, 0.1) is 0 Å². The van der Waals surface area contributed by atoms with Gasteiger partial charge in [0, 0.05) is 12.8 Å². The molecule has 11 unspecified atom stereocenters. The van der Waals surface area contributed by atoms with Crippen LogP contribution in [0.1, 0.15) is 142 Å². The number of aliphatic hydroxyl groups excluding tert-OH is 7. The molecular weight excluding hydrogens is 708 g/mol. The molecule has 0 spiro atoms. The Bertz CT molecular complexity index is 970. The van der Waals surface area contributed by atoms with E-state index in [9.17, 15) is 45.3 Å². The molecule has 11 atom stereocenters. The lowest BCUT2D eigenvalue weighted by atomic mass is 9.98. The van der Waals surface area contributed by atoms with E-state index in [1.54, 1.807) is 0 Å². The molecule has 2 aliphatic heterocycles. The van der Waals surface area contributed by atoms with E-state index in [2.05, 4.69) is 13.8 Å². The molecule has 15 nitrogen and oxygen atoms in total. The van der Waals surface area contributed by atoms with Gasteiger partial charge in [-0.1, -0.05) is 117 Å². The van der Waals surface area contributed by atoms with Gasteiger partial charge in [-0.2, -0.15) is 0 Å². The van der Waals surface area contributed by atoms with Crippen molar-refractivity contribution in [1.82, 2.24) is 0 Å². The summed E-state index contributed by atoms with van der Waals surface area (Å²) in [5.74, 6) is -0.935. The summed E-state index contributed by atoms with van der Waals surface area (Å²) in [6, 6.07) is 0. The Hall–Kier alpha value is -1.50. The lowest BCUT2D eigenvalue weighted by Gasteiger charge is -2.42. The monoisotopic (exact) mass is 780 g/mol. The fourth-order valence-corrected chi connectivity index (χ4v) is 6.57. The Morgan fingerprint density at radius 2 is 0.944 bits per heavy atom. The molecule has 2 fully saturated rings. The van der Waals surface area contributed by atoms with Crippen molar-refractivity contribution in [1.29, 1.82) is 0 Å². The Kier molecular flexibility index (Phi) is 26.0. The first kappa shape index (κ1) is 48.6. The summed E-state index contributed by atoms with van der Waals surface area (Å²) in [5, 5.41) is 71.5. The zero-order chi connectivity index (χ0) is 39.7. The molecule has 0 aliphatic carbocycles. The SMILES string of the molecule is CCCCCCCCCCCCCCCC(=O)OC(COC(=O)CCCCCCC)COC1OC(COC2OC(CO)C(O)C(O)C2O)C(O)C(O)C1O. The molecule has 318 valence electrons. The Morgan fingerprint density at radius 3 is 1.44 bits per heavy atom. The van der Waals surface area contributed by atoms with Gasteiger partial charge in [0.2, 0.25) is 0 Å². The predicted molar refractivity (Wildman–Crippen MR) is 197 cm³/mol. The van der Waals surface area contributed by atoms with E-state index in [0.29, 0.717) is 12.8 Å². The van der Waals surface area contributed by atoms with Crippen molar-refractivity contribution in [3.8, 4) is 0 Å². The molecule has 7 N–H and O–H groups in total. The van der Waals surface area contributed by atoms with Gasteiger partial charge in [-0.3, -0.25) is 9.59 Å². The van der Waals surface area contributed by atoms with Crippen LogP contribution in [0.3, 0.4) is 0 Å².